The summed E-state index contributed by atoms with van der Waals surface area (Å²) in [5, 5.41) is 3.79. The van der Waals surface area contributed by atoms with Crippen LogP contribution in [-0.2, 0) is 0 Å². The van der Waals surface area contributed by atoms with Gasteiger partial charge in [0.25, 0.3) is 0 Å². The van der Waals surface area contributed by atoms with Crippen molar-refractivity contribution in [2.24, 2.45) is 11.8 Å². The molecule has 1 heteroatoms. The molecule has 0 radical (unpaired) electrons. The summed E-state index contributed by atoms with van der Waals surface area (Å²) in [6.07, 6.45) is 8.62. The van der Waals surface area contributed by atoms with Gasteiger partial charge in [-0.15, -0.1) is 0 Å². The molecule has 2 atom stereocenters. The van der Waals surface area contributed by atoms with E-state index < -0.39 is 0 Å². The molecule has 2 aliphatic carbocycles. The monoisotopic (exact) mass is 181 g/mol. The van der Waals surface area contributed by atoms with Gasteiger partial charge in [0, 0.05) is 12.1 Å². The van der Waals surface area contributed by atoms with E-state index in [4.69, 9.17) is 0 Å². The van der Waals surface area contributed by atoms with Gasteiger partial charge in [-0.1, -0.05) is 20.3 Å². The van der Waals surface area contributed by atoms with Crippen LogP contribution in [0.1, 0.15) is 52.4 Å². The molecule has 2 unspecified atom stereocenters. The summed E-state index contributed by atoms with van der Waals surface area (Å²) in [4.78, 5) is 0. The van der Waals surface area contributed by atoms with E-state index in [1.165, 1.54) is 38.5 Å². The Morgan fingerprint density at radius 2 is 1.77 bits per heavy atom. The maximum atomic E-state index is 3.79. The van der Waals surface area contributed by atoms with Crippen LogP contribution in [0.15, 0.2) is 0 Å². The van der Waals surface area contributed by atoms with Gasteiger partial charge in [0.1, 0.15) is 0 Å². The molecule has 2 aliphatic rings. The van der Waals surface area contributed by atoms with Crippen molar-refractivity contribution >= 4 is 0 Å². The van der Waals surface area contributed by atoms with E-state index >= 15 is 0 Å². The summed E-state index contributed by atoms with van der Waals surface area (Å²) in [5.41, 5.74) is 0. The Hall–Kier alpha value is -0.0400. The van der Waals surface area contributed by atoms with Crippen LogP contribution < -0.4 is 5.32 Å². The van der Waals surface area contributed by atoms with Gasteiger partial charge >= 0.3 is 0 Å². The van der Waals surface area contributed by atoms with E-state index in [0.29, 0.717) is 0 Å². The average molecular weight is 181 g/mol. The molecule has 0 heterocycles. The Balaban J connectivity index is 1.66. The quantitative estimate of drug-likeness (QED) is 0.706. The molecule has 0 spiro atoms. The highest BCUT2D eigenvalue weighted by Crippen LogP contribution is 2.33. The predicted molar refractivity (Wildman–Crippen MR) is 56.7 cm³/mol. The van der Waals surface area contributed by atoms with Crippen molar-refractivity contribution in [1.29, 1.82) is 0 Å². The van der Waals surface area contributed by atoms with Gasteiger partial charge in [0.05, 0.1) is 0 Å². The Kier molecular flexibility index (Phi) is 2.92. The van der Waals surface area contributed by atoms with E-state index in [1.54, 1.807) is 0 Å². The van der Waals surface area contributed by atoms with Crippen molar-refractivity contribution in [2.45, 2.75) is 64.5 Å². The van der Waals surface area contributed by atoms with Crippen LogP contribution in [-0.4, -0.2) is 12.1 Å². The lowest BCUT2D eigenvalue weighted by Gasteiger charge is -2.28. The van der Waals surface area contributed by atoms with Gasteiger partial charge in [-0.25, -0.2) is 0 Å². The molecule has 0 aromatic heterocycles. The first-order valence-corrected chi connectivity index (χ1v) is 6.05. The van der Waals surface area contributed by atoms with Crippen LogP contribution in [0.2, 0.25) is 0 Å². The highest BCUT2D eigenvalue weighted by Gasteiger charge is 2.34. The zero-order chi connectivity index (χ0) is 9.26. The molecule has 0 aliphatic heterocycles. The maximum absolute atomic E-state index is 3.79. The SMILES string of the molecule is CCC1CCC(NC2CC2C)CC1. The molecule has 0 amide bonds. The van der Waals surface area contributed by atoms with Crippen LogP contribution in [0.4, 0.5) is 0 Å². The molecule has 0 aromatic rings. The lowest BCUT2D eigenvalue weighted by molar-refractivity contribution is 0.283. The Labute approximate surface area is 82.3 Å². The zero-order valence-corrected chi connectivity index (χ0v) is 9.05. The number of hydrogen-bond acceptors (Lipinski definition) is 1. The Bertz CT molecular complexity index is 159. The van der Waals surface area contributed by atoms with Gasteiger partial charge in [-0.05, 0) is 43.9 Å². The third-order valence-corrected chi connectivity index (χ3v) is 3.98. The number of nitrogens with one attached hydrogen (secondary N) is 1. The summed E-state index contributed by atoms with van der Waals surface area (Å²) >= 11 is 0. The second-order valence-corrected chi connectivity index (χ2v) is 5.11. The van der Waals surface area contributed by atoms with Gasteiger partial charge in [0.15, 0.2) is 0 Å². The molecule has 2 fully saturated rings. The van der Waals surface area contributed by atoms with Crippen molar-refractivity contribution in [3.8, 4) is 0 Å². The van der Waals surface area contributed by atoms with Crippen molar-refractivity contribution in [3.63, 3.8) is 0 Å². The molecule has 2 saturated carbocycles. The average Bonchev–Trinajstić information content (AvgIpc) is 2.83. The molecule has 0 bridgehead atoms. The van der Waals surface area contributed by atoms with Crippen molar-refractivity contribution in [1.82, 2.24) is 5.32 Å². The van der Waals surface area contributed by atoms with E-state index in [0.717, 1.165) is 23.9 Å². The molecular weight excluding hydrogens is 158 g/mol. The first-order valence-electron chi connectivity index (χ1n) is 6.05. The van der Waals surface area contributed by atoms with Crippen molar-refractivity contribution in [2.75, 3.05) is 0 Å². The third kappa shape index (κ3) is 2.46. The highest BCUT2D eigenvalue weighted by atomic mass is 15.0. The molecular formula is C12H23N. The second-order valence-electron chi connectivity index (χ2n) is 5.11. The van der Waals surface area contributed by atoms with Crippen molar-refractivity contribution in [3.05, 3.63) is 0 Å². The topological polar surface area (TPSA) is 12.0 Å². The molecule has 0 saturated heterocycles. The van der Waals surface area contributed by atoms with Crippen LogP contribution in [0.5, 0.6) is 0 Å². The molecule has 1 nitrogen and oxygen atoms in total. The molecule has 0 aromatic carbocycles. The van der Waals surface area contributed by atoms with Gasteiger partial charge < -0.3 is 5.32 Å². The predicted octanol–water partition coefficient (Wildman–Crippen LogP) is 2.95. The number of rotatable bonds is 3. The highest BCUT2D eigenvalue weighted by molar-refractivity contribution is 4.92. The van der Waals surface area contributed by atoms with Gasteiger partial charge in [-0.3, -0.25) is 0 Å². The minimum atomic E-state index is 0.859. The van der Waals surface area contributed by atoms with E-state index in [2.05, 4.69) is 19.2 Å². The second kappa shape index (κ2) is 4.00. The van der Waals surface area contributed by atoms with Crippen LogP contribution in [0.3, 0.4) is 0 Å². The van der Waals surface area contributed by atoms with Gasteiger partial charge in [-0.2, -0.15) is 0 Å². The smallest absolute Gasteiger partial charge is 0.00989 e. The molecule has 13 heavy (non-hydrogen) atoms. The minimum absolute atomic E-state index is 0.859. The third-order valence-electron chi connectivity index (χ3n) is 3.98. The Morgan fingerprint density at radius 1 is 1.15 bits per heavy atom. The fourth-order valence-electron chi connectivity index (χ4n) is 2.59. The van der Waals surface area contributed by atoms with Crippen molar-refractivity contribution < 1.29 is 0 Å². The summed E-state index contributed by atoms with van der Waals surface area (Å²) < 4.78 is 0. The Morgan fingerprint density at radius 3 is 2.23 bits per heavy atom. The number of hydrogen-bond donors (Lipinski definition) is 1. The lowest BCUT2D eigenvalue weighted by Crippen LogP contribution is -2.35. The molecule has 76 valence electrons. The van der Waals surface area contributed by atoms with Crippen LogP contribution in [0.25, 0.3) is 0 Å². The molecule has 2 rings (SSSR count). The standard InChI is InChI=1S/C12H23N/c1-3-10-4-6-11(7-5-10)13-12-8-9(12)2/h9-13H,3-8H2,1-2H3. The fourth-order valence-corrected chi connectivity index (χ4v) is 2.59. The maximum Gasteiger partial charge on any atom is 0.00989 e. The first-order chi connectivity index (χ1) is 6.29. The summed E-state index contributed by atoms with van der Waals surface area (Å²) in [7, 11) is 0. The van der Waals surface area contributed by atoms with Crippen LogP contribution in [0, 0.1) is 11.8 Å². The lowest BCUT2D eigenvalue weighted by atomic mass is 9.84. The minimum Gasteiger partial charge on any atom is -0.311 e. The summed E-state index contributed by atoms with van der Waals surface area (Å²) in [6.45, 7) is 4.69. The fraction of sp³-hybridized carbons (Fsp3) is 1.00. The van der Waals surface area contributed by atoms with E-state index in [-0.39, 0.29) is 0 Å². The summed E-state index contributed by atoms with van der Waals surface area (Å²) in [5.74, 6) is 2.00. The van der Waals surface area contributed by atoms with Crippen LogP contribution >= 0.6 is 0 Å². The largest absolute Gasteiger partial charge is 0.311 e. The zero-order valence-electron chi connectivity index (χ0n) is 9.05. The normalized spacial score (nSPS) is 44.8. The summed E-state index contributed by atoms with van der Waals surface area (Å²) in [6, 6.07) is 1.74. The van der Waals surface area contributed by atoms with E-state index in [1.807, 2.05) is 0 Å². The molecule has 1 N–H and O–H groups in total. The van der Waals surface area contributed by atoms with E-state index in [9.17, 15) is 0 Å². The first kappa shape index (κ1) is 9.51. The van der Waals surface area contributed by atoms with Gasteiger partial charge in [0.2, 0.25) is 0 Å².